The van der Waals surface area contributed by atoms with E-state index in [1.54, 1.807) is 18.0 Å². The van der Waals surface area contributed by atoms with Crippen molar-refractivity contribution in [2.24, 2.45) is 5.92 Å². The number of amides is 1. The number of likely N-dealkylation sites (tertiary alicyclic amines) is 1. The van der Waals surface area contributed by atoms with Gasteiger partial charge >= 0.3 is 0 Å². The van der Waals surface area contributed by atoms with E-state index in [1.165, 1.54) is 18.6 Å². The predicted molar refractivity (Wildman–Crippen MR) is 84.3 cm³/mol. The molecule has 5 nitrogen and oxygen atoms in total. The van der Waals surface area contributed by atoms with Crippen molar-refractivity contribution < 1.29 is 9.90 Å². The molecule has 2 rings (SSSR count). The normalized spacial score (nSPS) is 19.4. The molecule has 1 aliphatic rings. The highest BCUT2D eigenvalue weighted by Gasteiger charge is 2.23. The van der Waals surface area contributed by atoms with Gasteiger partial charge in [-0.3, -0.25) is 4.79 Å². The number of nitrogen functional groups attached to an aromatic ring is 1. The summed E-state index contributed by atoms with van der Waals surface area (Å²) >= 11 is 0. The molecule has 1 fully saturated rings. The van der Waals surface area contributed by atoms with Gasteiger partial charge in [0.05, 0.1) is 5.56 Å². The third-order valence-corrected chi connectivity index (χ3v) is 4.20. The van der Waals surface area contributed by atoms with Crippen molar-refractivity contribution in [3.63, 3.8) is 0 Å². The van der Waals surface area contributed by atoms with Crippen LogP contribution >= 0.6 is 0 Å². The average molecular weight is 291 g/mol. The SMILES string of the molecule is CCN1CCCC(CN(C)C(=O)c2cc(O)ccc2N)C1. The third kappa shape index (κ3) is 3.88. The van der Waals surface area contributed by atoms with E-state index in [2.05, 4.69) is 11.8 Å². The zero-order valence-corrected chi connectivity index (χ0v) is 12.9. The average Bonchev–Trinajstić information content (AvgIpc) is 2.49. The smallest absolute Gasteiger partial charge is 0.255 e. The summed E-state index contributed by atoms with van der Waals surface area (Å²) in [7, 11) is 1.80. The zero-order chi connectivity index (χ0) is 15.4. The van der Waals surface area contributed by atoms with Crippen LogP contribution in [0, 0.1) is 5.92 Å². The Kier molecular flexibility index (Phi) is 5.07. The number of hydrogen-bond acceptors (Lipinski definition) is 4. The maximum absolute atomic E-state index is 12.5. The molecule has 1 atom stereocenters. The third-order valence-electron chi connectivity index (χ3n) is 4.20. The highest BCUT2D eigenvalue weighted by Crippen LogP contribution is 2.22. The maximum atomic E-state index is 12.5. The van der Waals surface area contributed by atoms with Crippen LogP contribution in [-0.4, -0.2) is 54.0 Å². The predicted octanol–water partition coefficient (Wildman–Crippen LogP) is 1.78. The van der Waals surface area contributed by atoms with Gasteiger partial charge in [0.2, 0.25) is 0 Å². The number of hydrogen-bond donors (Lipinski definition) is 2. The fraction of sp³-hybridized carbons (Fsp3) is 0.562. The first kappa shape index (κ1) is 15.6. The monoisotopic (exact) mass is 291 g/mol. The molecule has 1 aromatic rings. The van der Waals surface area contributed by atoms with Crippen molar-refractivity contribution in [2.75, 3.05) is 39.0 Å². The second-order valence-corrected chi connectivity index (χ2v) is 5.86. The number of piperidine rings is 1. The molecule has 1 saturated heterocycles. The van der Waals surface area contributed by atoms with Gasteiger partial charge in [0.1, 0.15) is 5.75 Å². The Hall–Kier alpha value is -1.75. The minimum Gasteiger partial charge on any atom is -0.508 e. The number of aromatic hydroxyl groups is 1. The number of phenolic OH excluding ortho intramolecular Hbond substituents is 1. The Bertz CT molecular complexity index is 504. The Morgan fingerprint density at radius 3 is 3.00 bits per heavy atom. The molecular weight excluding hydrogens is 266 g/mol. The number of nitrogens with zero attached hydrogens (tertiary/aromatic N) is 2. The second-order valence-electron chi connectivity index (χ2n) is 5.86. The van der Waals surface area contributed by atoms with Crippen molar-refractivity contribution in [1.29, 1.82) is 0 Å². The van der Waals surface area contributed by atoms with Crippen molar-refractivity contribution in [3.8, 4) is 5.75 Å². The highest BCUT2D eigenvalue weighted by molar-refractivity contribution is 5.99. The van der Waals surface area contributed by atoms with Crippen molar-refractivity contribution in [2.45, 2.75) is 19.8 Å². The number of anilines is 1. The lowest BCUT2D eigenvalue weighted by Crippen LogP contribution is -2.41. The molecule has 1 aromatic carbocycles. The molecule has 0 spiro atoms. The molecule has 3 N–H and O–H groups in total. The van der Waals surface area contributed by atoms with Crippen LogP contribution in [-0.2, 0) is 0 Å². The second kappa shape index (κ2) is 6.80. The van der Waals surface area contributed by atoms with E-state index in [4.69, 9.17) is 5.73 Å². The molecule has 1 heterocycles. The van der Waals surface area contributed by atoms with Crippen LogP contribution in [0.5, 0.6) is 5.75 Å². The summed E-state index contributed by atoms with van der Waals surface area (Å²) in [5, 5.41) is 9.52. The molecule has 1 amide bonds. The van der Waals surface area contributed by atoms with Gasteiger partial charge in [0.15, 0.2) is 0 Å². The van der Waals surface area contributed by atoms with Gasteiger partial charge in [0, 0.05) is 25.8 Å². The number of carbonyl (C=O) groups excluding carboxylic acids is 1. The minimum absolute atomic E-state index is 0.0655. The molecule has 21 heavy (non-hydrogen) atoms. The van der Waals surface area contributed by atoms with Crippen LogP contribution in [0.2, 0.25) is 0 Å². The molecular formula is C16H25N3O2. The van der Waals surface area contributed by atoms with E-state index >= 15 is 0 Å². The summed E-state index contributed by atoms with van der Waals surface area (Å²) in [5.41, 5.74) is 6.62. The van der Waals surface area contributed by atoms with E-state index in [-0.39, 0.29) is 11.7 Å². The van der Waals surface area contributed by atoms with Gasteiger partial charge in [-0.25, -0.2) is 0 Å². The molecule has 1 aliphatic heterocycles. The van der Waals surface area contributed by atoms with Gasteiger partial charge in [-0.1, -0.05) is 6.92 Å². The van der Waals surface area contributed by atoms with Crippen molar-refractivity contribution in [3.05, 3.63) is 23.8 Å². The molecule has 5 heteroatoms. The van der Waals surface area contributed by atoms with E-state index in [1.807, 2.05) is 0 Å². The van der Waals surface area contributed by atoms with E-state index in [0.717, 1.165) is 32.6 Å². The molecule has 0 radical (unpaired) electrons. The quantitative estimate of drug-likeness (QED) is 0.655. The summed E-state index contributed by atoms with van der Waals surface area (Å²) in [6.07, 6.45) is 2.35. The van der Waals surface area contributed by atoms with Gasteiger partial charge in [-0.2, -0.15) is 0 Å². The van der Waals surface area contributed by atoms with Crippen molar-refractivity contribution in [1.82, 2.24) is 9.80 Å². The molecule has 116 valence electrons. The fourth-order valence-electron chi connectivity index (χ4n) is 2.99. The highest BCUT2D eigenvalue weighted by atomic mass is 16.3. The summed E-state index contributed by atoms with van der Waals surface area (Å²) in [4.78, 5) is 16.6. The summed E-state index contributed by atoms with van der Waals surface area (Å²) in [6, 6.07) is 4.50. The topological polar surface area (TPSA) is 69.8 Å². The van der Waals surface area contributed by atoms with E-state index in [9.17, 15) is 9.90 Å². The summed E-state index contributed by atoms with van der Waals surface area (Å²) in [6.45, 7) is 6.16. The van der Waals surface area contributed by atoms with E-state index in [0.29, 0.717) is 17.2 Å². The first-order valence-corrected chi connectivity index (χ1v) is 7.57. The van der Waals surface area contributed by atoms with Gasteiger partial charge in [-0.15, -0.1) is 0 Å². The van der Waals surface area contributed by atoms with E-state index < -0.39 is 0 Å². The number of rotatable bonds is 4. The van der Waals surface area contributed by atoms with Gasteiger partial charge in [0.25, 0.3) is 5.91 Å². The first-order valence-electron chi connectivity index (χ1n) is 7.57. The Labute approximate surface area is 126 Å². The van der Waals surface area contributed by atoms with Crippen LogP contribution in [0.3, 0.4) is 0 Å². The van der Waals surface area contributed by atoms with Crippen LogP contribution in [0.25, 0.3) is 0 Å². The Morgan fingerprint density at radius 2 is 2.29 bits per heavy atom. The fourth-order valence-corrected chi connectivity index (χ4v) is 2.99. The summed E-state index contributed by atoms with van der Waals surface area (Å²) in [5.74, 6) is 0.444. The van der Waals surface area contributed by atoms with Crippen LogP contribution in [0.1, 0.15) is 30.1 Å². The van der Waals surface area contributed by atoms with Crippen LogP contribution in [0.4, 0.5) is 5.69 Å². The largest absolute Gasteiger partial charge is 0.508 e. The number of carbonyl (C=O) groups is 1. The zero-order valence-electron chi connectivity index (χ0n) is 12.9. The number of nitrogens with two attached hydrogens (primary N) is 1. The van der Waals surface area contributed by atoms with Crippen LogP contribution < -0.4 is 5.73 Å². The Balaban J connectivity index is 2.00. The first-order chi connectivity index (χ1) is 10.0. The lowest BCUT2D eigenvalue weighted by Gasteiger charge is -2.34. The summed E-state index contributed by atoms with van der Waals surface area (Å²) < 4.78 is 0. The van der Waals surface area contributed by atoms with Gasteiger partial charge in [-0.05, 0) is 50.0 Å². The molecule has 0 saturated carbocycles. The molecule has 0 aliphatic carbocycles. The molecule has 0 bridgehead atoms. The lowest BCUT2D eigenvalue weighted by molar-refractivity contribution is 0.0733. The van der Waals surface area contributed by atoms with Crippen LogP contribution in [0.15, 0.2) is 18.2 Å². The Morgan fingerprint density at radius 1 is 1.52 bits per heavy atom. The lowest BCUT2D eigenvalue weighted by atomic mass is 9.97. The molecule has 1 unspecified atom stereocenters. The maximum Gasteiger partial charge on any atom is 0.255 e. The number of phenols is 1. The molecule has 0 aromatic heterocycles. The minimum atomic E-state index is -0.128. The number of benzene rings is 1. The standard InChI is InChI=1S/C16H25N3O2/c1-3-19-8-4-5-12(11-19)10-18(2)16(21)14-9-13(20)6-7-15(14)17/h6-7,9,12,20H,3-5,8,10-11,17H2,1-2H3. The van der Waals surface area contributed by atoms with Crippen molar-refractivity contribution >= 4 is 11.6 Å². The van der Waals surface area contributed by atoms with Gasteiger partial charge < -0.3 is 20.6 Å².